The summed E-state index contributed by atoms with van der Waals surface area (Å²) in [7, 11) is 0. The van der Waals surface area contributed by atoms with Gasteiger partial charge in [0.25, 0.3) is 0 Å². The normalized spacial score (nSPS) is 21.4. The van der Waals surface area contributed by atoms with E-state index in [9.17, 15) is 0 Å². The lowest BCUT2D eigenvalue weighted by Gasteiger charge is -1.90. The molecule has 0 saturated carbocycles. The van der Waals surface area contributed by atoms with Crippen molar-refractivity contribution in [3.63, 3.8) is 0 Å². The fraction of sp³-hybridized carbons (Fsp3) is 0.222. The van der Waals surface area contributed by atoms with E-state index in [1.807, 2.05) is 5.51 Å². The van der Waals surface area contributed by atoms with Gasteiger partial charge < -0.3 is 0 Å². The van der Waals surface area contributed by atoms with Crippen LogP contribution in [0, 0.1) is 5.92 Å². The molecule has 0 radical (unpaired) electrons. The van der Waals surface area contributed by atoms with Gasteiger partial charge in [-0.25, -0.2) is 4.98 Å². The number of rotatable bonds is 0. The van der Waals surface area contributed by atoms with Crippen LogP contribution in [0.2, 0.25) is 0 Å². The van der Waals surface area contributed by atoms with Crippen LogP contribution >= 0.6 is 11.3 Å². The third-order valence-electron chi connectivity index (χ3n) is 1.73. The van der Waals surface area contributed by atoms with Gasteiger partial charge in [-0.05, 0) is 18.1 Å². The largest absolute Gasteiger partial charge is 0.245 e. The summed E-state index contributed by atoms with van der Waals surface area (Å²) >= 11 is 1.69. The molecule has 2 heteroatoms. The number of thiazole rings is 1. The van der Waals surface area contributed by atoms with E-state index in [-0.39, 0.29) is 0 Å². The van der Waals surface area contributed by atoms with Gasteiger partial charge in [-0.15, -0.1) is 11.3 Å². The fourth-order valence-electron chi connectivity index (χ4n) is 1.06. The van der Waals surface area contributed by atoms with E-state index >= 15 is 0 Å². The molecule has 0 saturated heterocycles. The zero-order chi connectivity index (χ0) is 7.68. The van der Waals surface area contributed by atoms with E-state index in [2.05, 4.69) is 36.2 Å². The maximum atomic E-state index is 4.23. The summed E-state index contributed by atoms with van der Waals surface area (Å²) in [6.07, 6.45) is 8.61. The van der Waals surface area contributed by atoms with Gasteiger partial charge in [-0.2, -0.15) is 0 Å². The Morgan fingerprint density at radius 1 is 1.36 bits per heavy atom. The lowest BCUT2D eigenvalue weighted by atomic mass is 10.2. The van der Waals surface area contributed by atoms with E-state index in [0.29, 0.717) is 5.92 Å². The maximum Gasteiger partial charge on any atom is 0.0808 e. The zero-order valence-corrected chi connectivity index (χ0v) is 7.14. The molecule has 0 N–H and O–H groups in total. The molecule has 1 unspecified atom stereocenters. The van der Waals surface area contributed by atoms with Crippen molar-refractivity contribution in [2.24, 2.45) is 5.92 Å². The van der Waals surface area contributed by atoms with Crippen molar-refractivity contribution in [3.8, 4) is 0 Å². The van der Waals surface area contributed by atoms with Crippen molar-refractivity contribution in [1.82, 2.24) is 4.98 Å². The zero-order valence-electron chi connectivity index (χ0n) is 6.32. The molecular weight excluding hydrogens is 154 g/mol. The first-order valence-corrected chi connectivity index (χ1v) is 4.54. The molecule has 1 nitrogen and oxygen atoms in total. The molecule has 1 atom stereocenters. The highest BCUT2D eigenvalue weighted by Crippen LogP contribution is 2.21. The van der Waals surface area contributed by atoms with Gasteiger partial charge in [0.1, 0.15) is 0 Å². The Morgan fingerprint density at radius 2 is 2.18 bits per heavy atom. The summed E-state index contributed by atoms with van der Waals surface area (Å²) in [4.78, 5) is 5.50. The van der Waals surface area contributed by atoms with Gasteiger partial charge in [0.2, 0.25) is 0 Å². The van der Waals surface area contributed by atoms with Gasteiger partial charge in [0, 0.05) is 0 Å². The van der Waals surface area contributed by atoms with Gasteiger partial charge in [0.15, 0.2) is 0 Å². The Morgan fingerprint density at radius 3 is 3.09 bits per heavy atom. The molecule has 0 fully saturated rings. The number of aromatic nitrogens is 1. The summed E-state index contributed by atoms with van der Waals surface area (Å²) in [6, 6.07) is 0. The summed E-state index contributed by atoms with van der Waals surface area (Å²) in [5, 5.41) is 0. The molecule has 0 aliphatic heterocycles. The van der Waals surface area contributed by atoms with E-state index in [4.69, 9.17) is 0 Å². The summed E-state index contributed by atoms with van der Waals surface area (Å²) in [5.74, 6) is 0.538. The molecular formula is C9H9NS. The summed E-state index contributed by atoms with van der Waals surface area (Å²) in [5.41, 5.74) is 2.99. The predicted octanol–water partition coefficient (Wildman–Crippen LogP) is 2.82. The lowest BCUT2D eigenvalue weighted by molar-refractivity contribution is 0.953. The van der Waals surface area contributed by atoms with Crippen LogP contribution in [0.25, 0.3) is 12.2 Å². The Bertz CT molecular complexity index is 281. The van der Waals surface area contributed by atoms with E-state index < -0.39 is 0 Å². The summed E-state index contributed by atoms with van der Waals surface area (Å²) < 4.78 is 0. The average molecular weight is 163 g/mol. The summed E-state index contributed by atoms with van der Waals surface area (Å²) in [6.45, 7) is 2.17. The van der Waals surface area contributed by atoms with Gasteiger partial charge >= 0.3 is 0 Å². The number of allylic oxidation sites excluding steroid dienone is 2. The average Bonchev–Trinajstić information content (AvgIpc) is 2.38. The van der Waals surface area contributed by atoms with Crippen LogP contribution in [-0.4, -0.2) is 4.98 Å². The van der Waals surface area contributed by atoms with Crippen LogP contribution in [-0.2, 0) is 0 Å². The highest BCUT2D eigenvalue weighted by Gasteiger charge is 2.03. The Kier molecular flexibility index (Phi) is 1.62. The molecule has 1 aromatic heterocycles. The first-order chi connectivity index (χ1) is 5.36. The number of hydrogen-bond acceptors (Lipinski definition) is 2. The third-order valence-corrected chi connectivity index (χ3v) is 2.54. The number of hydrogen-bond donors (Lipinski definition) is 0. The number of nitrogens with zero attached hydrogens (tertiary/aromatic N) is 1. The minimum absolute atomic E-state index is 0.538. The molecule has 2 rings (SSSR count). The Hall–Kier alpha value is -0.890. The predicted molar refractivity (Wildman–Crippen MR) is 49.3 cm³/mol. The molecule has 0 aromatic carbocycles. The fourth-order valence-corrected chi connectivity index (χ4v) is 1.74. The molecule has 1 aliphatic carbocycles. The topological polar surface area (TPSA) is 12.9 Å². The van der Waals surface area contributed by atoms with E-state index in [0.717, 1.165) is 5.69 Å². The number of fused-ring (bicyclic) bond motifs is 1. The van der Waals surface area contributed by atoms with Crippen molar-refractivity contribution >= 4 is 23.5 Å². The lowest BCUT2D eigenvalue weighted by Crippen LogP contribution is -1.77. The van der Waals surface area contributed by atoms with Gasteiger partial charge in [-0.3, -0.25) is 0 Å². The molecule has 0 bridgehead atoms. The minimum Gasteiger partial charge on any atom is -0.245 e. The monoisotopic (exact) mass is 163 g/mol. The van der Waals surface area contributed by atoms with E-state index in [1.54, 1.807) is 11.3 Å². The quantitative estimate of drug-likeness (QED) is 0.573. The molecule has 0 spiro atoms. The highest BCUT2D eigenvalue weighted by molar-refractivity contribution is 7.10. The molecule has 11 heavy (non-hydrogen) atoms. The molecule has 0 amide bonds. The Balaban J connectivity index is 2.48. The van der Waals surface area contributed by atoms with Crippen LogP contribution < -0.4 is 0 Å². The second kappa shape index (κ2) is 2.62. The highest BCUT2D eigenvalue weighted by atomic mass is 32.1. The van der Waals surface area contributed by atoms with Gasteiger partial charge in [0.05, 0.1) is 16.1 Å². The first kappa shape index (κ1) is 6.80. The van der Waals surface area contributed by atoms with Crippen LogP contribution in [0.15, 0.2) is 17.7 Å². The Labute approximate surface area is 70.1 Å². The molecule has 1 aromatic rings. The van der Waals surface area contributed by atoms with Crippen molar-refractivity contribution in [2.75, 3.05) is 0 Å². The molecule has 1 aliphatic rings. The van der Waals surface area contributed by atoms with Crippen LogP contribution in [0.4, 0.5) is 0 Å². The first-order valence-electron chi connectivity index (χ1n) is 3.66. The maximum absolute atomic E-state index is 4.23. The van der Waals surface area contributed by atoms with Crippen molar-refractivity contribution in [2.45, 2.75) is 6.92 Å². The van der Waals surface area contributed by atoms with Crippen molar-refractivity contribution in [1.29, 1.82) is 0 Å². The minimum atomic E-state index is 0.538. The second-order valence-corrected chi connectivity index (χ2v) is 3.57. The SMILES string of the molecule is CC1C=Cc2ncsc2C=C1. The standard InChI is InChI=1S/C9H9NS/c1-7-2-4-8-9(5-3-7)11-6-10-8/h2-7H,1H3. The molecule has 56 valence electrons. The smallest absolute Gasteiger partial charge is 0.0808 e. The van der Waals surface area contributed by atoms with Crippen molar-refractivity contribution < 1.29 is 0 Å². The molecule has 1 heterocycles. The second-order valence-electron chi connectivity index (χ2n) is 2.68. The van der Waals surface area contributed by atoms with Gasteiger partial charge in [-0.1, -0.05) is 19.1 Å². The third kappa shape index (κ3) is 1.26. The van der Waals surface area contributed by atoms with Crippen LogP contribution in [0.1, 0.15) is 17.5 Å². The van der Waals surface area contributed by atoms with Crippen LogP contribution in [0.3, 0.4) is 0 Å². The van der Waals surface area contributed by atoms with E-state index in [1.165, 1.54) is 4.88 Å². The van der Waals surface area contributed by atoms with Crippen LogP contribution in [0.5, 0.6) is 0 Å². The van der Waals surface area contributed by atoms with Crippen molar-refractivity contribution in [3.05, 3.63) is 28.2 Å².